The summed E-state index contributed by atoms with van der Waals surface area (Å²) in [6.45, 7) is 1.67. The Morgan fingerprint density at radius 1 is 1.50 bits per heavy atom. The molecule has 1 atom stereocenters. The lowest BCUT2D eigenvalue weighted by atomic mass is 10.1. The predicted octanol–water partition coefficient (Wildman–Crippen LogP) is 1.33. The van der Waals surface area contributed by atoms with Crippen molar-refractivity contribution in [2.24, 2.45) is 0 Å². The Kier molecular flexibility index (Phi) is 2.55. The first-order chi connectivity index (χ1) is 5.66. The van der Waals surface area contributed by atoms with E-state index in [1.807, 2.05) is 0 Å². The average Bonchev–Trinajstić information content (AvgIpc) is 2.04. The van der Waals surface area contributed by atoms with E-state index < -0.39 is 6.10 Å². The fourth-order valence-corrected chi connectivity index (χ4v) is 1.10. The van der Waals surface area contributed by atoms with E-state index in [2.05, 4.69) is 0 Å². The zero-order valence-corrected chi connectivity index (χ0v) is 7.24. The van der Waals surface area contributed by atoms with Gasteiger partial charge in [-0.1, -0.05) is 12.1 Å². The number of aliphatic hydroxyl groups is 1. The van der Waals surface area contributed by atoms with Gasteiger partial charge >= 0.3 is 0 Å². The zero-order chi connectivity index (χ0) is 9.14. The molecule has 0 saturated heterocycles. The van der Waals surface area contributed by atoms with Crippen LogP contribution in [0, 0.1) is 0 Å². The van der Waals surface area contributed by atoms with Gasteiger partial charge in [0.05, 0.1) is 18.9 Å². The van der Waals surface area contributed by atoms with E-state index >= 15 is 0 Å². The molecule has 0 radical (unpaired) electrons. The normalized spacial score (nSPS) is 12.6. The van der Waals surface area contributed by atoms with E-state index in [-0.39, 0.29) is 0 Å². The van der Waals surface area contributed by atoms with E-state index in [1.165, 1.54) is 0 Å². The van der Waals surface area contributed by atoms with Gasteiger partial charge in [0.15, 0.2) is 0 Å². The highest BCUT2D eigenvalue weighted by molar-refractivity contribution is 5.59. The van der Waals surface area contributed by atoms with Crippen LogP contribution in [0.15, 0.2) is 18.2 Å². The molecule has 1 unspecified atom stereocenters. The molecule has 66 valence electrons. The number of rotatable bonds is 2. The Morgan fingerprint density at radius 3 is 2.67 bits per heavy atom. The van der Waals surface area contributed by atoms with Crippen molar-refractivity contribution in [3.05, 3.63) is 23.8 Å². The van der Waals surface area contributed by atoms with E-state index in [9.17, 15) is 5.11 Å². The van der Waals surface area contributed by atoms with Gasteiger partial charge in [0, 0.05) is 5.56 Å². The highest BCUT2D eigenvalue weighted by atomic mass is 16.5. The van der Waals surface area contributed by atoms with Crippen molar-refractivity contribution < 1.29 is 9.84 Å². The molecule has 1 rings (SSSR count). The molecule has 3 nitrogen and oxygen atoms in total. The van der Waals surface area contributed by atoms with Crippen LogP contribution in [0.2, 0.25) is 0 Å². The number of para-hydroxylation sites is 1. The molecule has 0 aliphatic heterocycles. The van der Waals surface area contributed by atoms with Crippen molar-refractivity contribution in [2.45, 2.75) is 13.0 Å². The average molecular weight is 167 g/mol. The summed E-state index contributed by atoms with van der Waals surface area (Å²) >= 11 is 0. The van der Waals surface area contributed by atoms with Gasteiger partial charge in [-0.15, -0.1) is 0 Å². The Morgan fingerprint density at radius 2 is 2.17 bits per heavy atom. The summed E-state index contributed by atoms with van der Waals surface area (Å²) in [6.07, 6.45) is -0.555. The standard InChI is InChI=1S/C9H13NO2/c1-6(11)7-4-3-5-8(12-2)9(7)10/h3-6,11H,10H2,1-2H3. The van der Waals surface area contributed by atoms with Crippen LogP contribution < -0.4 is 10.5 Å². The van der Waals surface area contributed by atoms with E-state index in [0.29, 0.717) is 17.0 Å². The molecule has 0 amide bonds. The van der Waals surface area contributed by atoms with Crippen molar-refractivity contribution in [2.75, 3.05) is 12.8 Å². The summed E-state index contributed by atoms with van der Waals surface area (Å²) in [7, 11) is 1.55. The SMILES string of the molecule is COc1cccc(C(C)O)c1N. The molecule has 3 N–H and O–H groups in total. The molecule has 3 heteroatoms. The van der Waals surface area contributed by atoms with Crippen molar-refractivity contribution in [1.29, 1.82) is 0 Å². The maximum Gasteiger partial charge on any atom is 0.142 e. The summed E-state index contributed by atoms with van der Waals surface area (Å²) < 4.78 is 5.00. The van der Waals surface area contributed by atoms with Crippen LogP contribution in [-0.2, 0) is 0 Å². The second kappa shape index (κ2) is 3.45. The number of methoxy groups -OCH3 is 1. The topological polar surface area (TPSA) is 55.5 Å². The van der Waals surface area contributed by atoms with Gasteiger partial charge in [0.2, 0.25) is 0 Å². The number of nitrogen functional groups attached to an aromatic ring is 1. The Bertz CT molecular complexity index is 271. The molecule has 0 aliphatic rings. The fraction of sp³-hybridized carbons (Fsp3) is 0.333. The molecule has 0 saturated carbocycles. The minimum Gasteiger partial charge on any atom is -0.495 e. The second-order valence-electron chi connectivity index (χ2n) is 2.64. The second-order valence-corrected chi connectivity index (χ2v) is 2.64. The highest BCUT2D eigenvalue weighted by Crippen LogP contribution is 2.28. The van der Waals surface area contributed by atoms with Gasteiger partial charge < -0.3 is 15.6 Å². The molecule has 0 aromatic heterocycles. The predicted molar refractivity (Wildman–Crippen MR) is 48.0 cm³/mol. The third-order valence-electron chi connectivity index (χ3n) is 1.77. The minimum atomic E-state index is -0.555. The maximum atomic E-state index is 9.29. The molecular weight excluding hydrogens is 154 g/mol. The van der Waals surface area contributed by atoms with Crippen LogP contribution in [0.5, 0.6) is 5.75 Å². The number of hydrogen-bond acceptors (Lipinski definition) is 3. The maximum absolute atomic E-state index is 9.29. The smallest absolute Gasteiger partial charge is 0.142 e. The molecule has 0 heterocycles. The van der Waals surface area contributed by atoms with Gasteiger partial charge in [-0.2, -0.15) is 0 Å². The lowest BCUT2D eigenvalue weighted by Crippen LogP contribution is -2.00. The van der Waals surface area contributed by atoms with Gasteiger partial charge in [0.25, 0.3) is 0 Å². The van der Waals surface area contributed by atoms with Crippen molar-refractivity contribution in [3.63, 3.8) is 0 Å². The number of aliphatic hydroxyl groups excluding tert-OH is 1. The molecule has 0 spiro atoms. The number of hydrogen-bond donors (Lipinski definition) is 2. The Hall–Kier alpha value is -1.22. The quantitative estimate of drug-likeness (QED) is 0.653. The fourth-order valence-electron chi connectivity index (χ4n) is 1.10. The largest absolute Gasteiger partial charge is 0.495 e. The third-order valence-corrected chi connectivity index (χ3v) is 1.77. The lowest BCUT2D eigenvalue weighted by molar-refractivity contribution is 0.199. The molecule has 12 heavy (non-hydrogen) atoms. The number of benzene rings is 1. The van der Waals surface area contributed by atoms with E-state index in [4.69, 9.17) is 10.5 Å². The first-order valence-electron chi connectivity index (χ1n) is 3.77. The number of ether oxygens (including phenoxy) is 1. The van der Waals surface area contributed by atoms with Gasteiger partial charge in [-0.3, -0.25) is 0 Å². The number of nitrogens with two attached hydrogens (primary N) is 1. The molecular formula is C9H13NO2. The summed E-state index contributed by atoms with van der Waals surface area (Å²) in [4.78, 5) is 0. The first kappa shape index (κ1) is 8.87. The van der Waals surface area contributed by atoms with E-state index in [1.54, 1.807) is 32.2 Å². The van der Waals surface area contributed by atoms with E-state index in [0.717, 1.165) is 0 Å². The highest BCUT2D eigenvalue weighted by Gasteiger charge is 2.08. The van der Waals surface area contributed by atoms with Crippen molar-refractivity contribution >= 4 is 5.69 Å². The Labute approximate surface area is 71.8 Å². The summed E-state index contributed by atoms with van der Waals surface area (Å²) in [5, 5.41) is 9.29. The summed E-state index contributed by atoms with van der Waals surface area (Å²) in [5.41, 5.74) is 6.92. The first-order valence-corrected chi connectivity index (χ1v) is 3.77. The summed E-state index contributed by atoms with van der Waals surface area (Å²) in [6, 6.07) is 5.35. The molecule has 0 aliphatic carbocycles. The molecule has 1 aromatic rings. The monoisotopic (exact) mass is 167 g/mol. The van der Waals surface area contributed by atoms with Crippen LogP contribution >= 0.6 is 0 Å². The number of anilines is 1. The minimum absolute atomic E-state index is 0.509. The third kappa shape index (κ3) is 1.51. The van der Waals surface area contributed by atoms with Crippen LogP contribution in [0.4, 0.5) is 5.69 Å². The summed E-state index contributed by atoms with van der Waals surface area (Å²) in [5.74, 6) is 0.605. The molecule has 0 fully saturated rings. The van der Waals surface area contributed by atoms with Gasteiger partial charge in [0.1, 0.15) is 5.75 Å². The zero-order valence-electron chi connectivity index (χ0n) is 7.24. The Balaban J connectivity index is 3.14. The van der Waals surface area contributed by atoms with Crippen LogP contribution in [0.25, 0.3) is 0 Å². The van der Waals surface area contributed by atoms with Crippen molar-refractivity contribution in [1.82, 2.24) is 0 Å². The van der Waals surface area contributed by atoms with Crippen LogP contribution in [-0.4, -0.2) is 12.2 Å². The van der Waals surface area contributed by atoms with Gasteiger partial charge in [-0.05, 0) is 13.0 Å². The van der Waals surface area contributed by atoms with Crippen molar-refractivity contribution in [3.8, 4) is 5.75 Å². The van der Waals surface area contributed by atoms with Crippen LogP contribution in [0.1, 0.15) is 18.6 Å². The molecule has 0 bridgehead atoms. The lowest BCUT2D eigenvalue weighted by Gasteiger charge is -2.11. The van der Waals surface area contributed by atoms with Gasteiger partial charge in [-0.25, -0.2) is 0 Å². The molecule has 1 aromatic carbocycles. The van der Waals surface area contributed by atoms with Crippen LogP contribution in [0.3, 0.4) is 0 Å².